The fraction of sp³-hybridized carbons (Fsp3) is 0.318. The minimum atomic E-state index is -0.568. The number of carbonyl (C=O) groups is 2. The average Bonchev–Trinajstić information content (AvgIpc) is 2.99. The third kappa shape index (κ3) is 5.00. The van der Waals surface area contributed by atoms with Gasteiger partial charge in [-0.1, -0.05) is 42.5 Å². The third-order valence-electron chi connectivity index (χ3n) is 4.71. The van der Waals surface area contributed by atoms with Crippen molar-refractivity contribution in [3.63, 3.8) is 0 Å². The van der Waals surface area contributed by atoms with Crippen LogP contribution in [0.4, 0.5) is 0 Å². The molecule has 0 bridgehead atoms. The Morgan fingerprint density at radius 1 is 1.00 bits per heavy atom. The van der Waals surface area contributed by atoms with Crippen molar-refractivity contribution in [2.45, 2.75) is 19.4 Å². The molecule has 1 unspecified atom stereocenters. The quantitative estimate of drug-likeness (QED) is 0.362. The van der Waals surface area contributed by atoms with Gasteiger partial charge in [0.2, 0.25) is 0 Å². The van der Waals surface area contributed by atoms with E-state index in [0.29, 0.717) is 43.1 Å². The highest BCUT2D eigenvalue weighted by molar-refractivity contribution is 6.21. The number of guanidine groups is 1. The van der Waals surface area contributed by atoms with Gasteiger partial charge in [-0.2, -0.15) is 0 Å². The van der Waals surface area contributed by atoms with Crippen molar-refractivity contribution < 1.29 is 14.7 Å². The topological polar surface area (TPSA) is 94.0 Å². The minimum absolute atomic E-state index is 0.253. The molecule has 0 saturated heterocycles. The van der Waals surface area contributed by atoms with Crippen LogP contribution < -0.4 is 10.6 Å². The number of benzene rings is 2. The molecule has 0 aliphatic carbocycles. The van der Waals surface area contributed by atoms with Gasteiger partial charge in [0.15, 0.2) is 5.96 Å². The zero-order valence-corrected chi connectivity index (χ0v) is 16.5. The zero-order valence-electron chi connectivity index (χ0n) is 16.5. The van der Waals surface area contributed by atoms with Crippen molar-refractivity contribution in [3.05, 3.63) is 71.3 Å². The summed E-state index contributed by atoms with van der Waals surface area (Å²) in [4.78, 5) is 30.5. The van der Waals surface area contributed by atoms with Gasteiger partial charge in [-0.15, -0.1) is 0 Å². The van der Waals surface area contributed by atoms with Gasteiger partial charge in [-0.3, -0.25) is 19.5 Å². The van der Waals surface area contributed by atoms with Crippen LogP contribution in [0.5, 0.6) is 0 Å². The van der Waals surface area contributed by atoms with Crippen LogP contribution in [0.3, 0.4) is 0 Å². The standard InChI is InChI=1S/C22H26N4O3/c1-2-23-22(24-13-12-19(27)16-8-4-3-5-9-16)25-14-15-26-20(28)17-10-6-7-11-18(17)21(26)29/h3-11,19,27H,2,12-15H2,1H3,(H2,23,24,25). The number of aliphatic hydroxyl groups excluding tert-OH is 1. The van der Waals surface area contributed by atoms with Gasteiger partial charge in [0.1, 0.15) is 0 Å². The molecule has 1 atom stereocenters. The lowest BCUT2D eigenvalue weighted by atomic mass is 10.1. The van der Waals surface area contributed by atoms with Gasteiger partial charge < -0.3 is 15.7 Å². The predicted octanol–water partition coefficient (Wildman–Crippen LogP) is 1.96. The fourth-order valence-electron chi connectivity index (χ4n) is 3.21. The van der Waals surface area contributed by atoms with Crippen LogP contribution in [0.25, 0.3) is 0 Å². The molecule has 29 heavy (non-hydrogen) atoms. The van der Waals surface area contributed by atoms with Gasteiger partial charge in [-0.25, -0.2) is 0 Å². The average molecular weight is 394 g/mol. The molecule has 2 aromatic rings. The molecule has 0 fully saturated rings. The molecule has 7 nitrogen and oxygen atoms in total. The number of hydrogen-bond acceptors (Lipinski definition) is 4. The number of nitrogens with one attached hydrogen (secondary N) is 2. The Labute approximate surface area is 170 Å². The van der Waals surface area contributed by atoms with E-state index in [1.165, 1.54) is 4.90 Å². The first kappa shape index (κ1) is 20.5. The molecule has 3 rings (SSSR count). The van der Waals surface area contributed by atoms with E-state index < -0.39 is 6.10 Å². The number of aliphatic imine (C=N–C) groups is 1. The van der Waals surface area contributed by atoms with Crippen molar-refractivity contribution in [2.75, 3.05) is 26.2 Å². The Kier molecular flexibility index (Phi) is 6.97. The van der Waals surface area contributed by atoms with Crippen molar-refractivity contribution in [1.82, 2.24) is 15.5 Å². The molecule has 1 aliphatic heterocycles. The lowest BCUT2D eigenvalue weighted by molar-refractivity contribution is 0.0657. The highest BCUT2D eigenvalue weighted by Crippen LogP contribution is 2.21. The number of fused-ring (bicyclic) bond motifs is 1. The van der Waals surface area contributed by atoms with Crippen LogP contribution in [0.2, 0.25) is 0 Å². The van der Waals surface area contributed by atoms with E-state index >= 15 is 0 Å². The molecule has 1 aliphatic rings. The molecule has 3 N–H and O–H groups in total. The second-order valence-corrected chi connectivity index (χ2v) is 6.71. The van der Waals surface area contributed by atoms with Gasteiger partial charge in [-0.05, 0) is 31.0 Å². The maximum Gasteiger partial charge on any atom is 0.261 e. The Morgan fingerprint density at radius 3 is 2.24 bits per heavy atom. The van der Waals surface area contributed by atoms with Crippen molar-refractivity contribution in [3.8, 4) is 0 Å². The maximum atomic E-state index is 12.4. The van der Waals surface area contributed by atoms with E-state index in [1.807, 2.05) is 37.3 Å². The van der Waals surface area contributed by atoms with Crippen LogP contribution in [0.1, 0.15) is 45.7 Å². The van der Waals surface area contributed by atoms with Crippen molar-refractivity contribution in [2.24, 2.45) is 4.99 Å². The fourth-order valence-corrected chi connectivity index (χ4v) is 3.21. The summed E-state index contributed by atoms with van der Waals surface area (Å²) in [6, 6.07) is 16.3. The molecule has 0 radical (unpaired) electrons. The Balaban J connectivity index is 1.50. The number of rotatable bonds is 8. The summed E-state index contributed by atoms with van der Waals surface area (Å²) in [7, 11) is 0. The van der Waals surface area contributed by atoms with E-state index in [0.717, 1.165) is 5.56 Å². The molecule has 0 saturated carbocycles. The van der Waals surface area contributed by atoms with Gasteiger partial charge in [0, 0.05) is 26.2 Å². The van der Waals surface area contributed by atoms with E-state index in [9.17, 15) is 14.7 Å². The van der Waals surface area contributed by atoms with Crippen LogP contribution >= 0.6 is 0 Å². The van der Waals surface area contributed by atoms with Crippen LogP contribution in [0.15, 0.2) is 59.6 Å². The van der Waals surface area contributed by atoms with Crippen molar-refractivity contribution >= 4 is 17.8 Å². The highest BCUT2D eigenvalue weighted by Gasteiger charge is 2.34. The summed E-state index contributed by atoms with van der Waals surface area (Å²) >= 11 is 0. The Hall–Kier alpha value is -3.19. The maximum absolute atomic E-state index is 12.4. The summed E-state index contributed by atoms with van der Waals surface area (Å²) in [5.74, 6) is 0.0602. The summed E-state index contributed by atoms with van der Waals surface area (Å²) in [5.41, 5.74) is 1.77. The molecule has 2 aromatic carbocycles. The first-order valence-corrected chi connectivity index (χ1v) is 9.82. The highest BCUT2D eigenvalue weighted by atomic mass is 16.3. The monoisotopic (exact) mass is 394 g/mol. The largest absolute Gasteiger partial charge is 0.388 e. The normalized spacial score (nSPS) is 14.7. The number of imide groups is 1. The Bertz CT molecular complexity index is 848. The number of aliphatic hydroxyl groups is 1. The molecular formula is C22H26N4O3. The van der Waals surface area contributed by atoms with Gasteiger partial charge in [0.25, 0.3) is 11.8 Å². The van der Waals surface area contributed by atoms with Gasteiger partial charge >= 0.3 is 0 Å². The lowest BCUT2D eigenvalue weighted by Crippen LogP contribution is -2.43. The lowest BCUT2D eigenvalue weighted by Gasteiger charge is -2.16. The molecule has 0 spiro atoms. The van der Waals surface area contributed by atoms with Crippen LogP contribution in [0, 0.1) is 0 Å². The van der Waals surface area contributed by atoms with E-state index in [4.69, 9.17) is 0 Å². The summed E-state index contributed by atoms with van der Waals surface area (Å²) in [6.07, 6.45) is -0.0694. The Morgan fingerprint density at radius 2 is 1.62 bits per heavy atom. The van der Waals surface area contributed by atoms with Crippen LogP contribution in [-0.2, 0) is 0 Å². The number of hydrogen-bond donors (Lipinski definition) is 3. The number of amides is 2. The molecule has 1 heterocycles. The molecule has 2 amide bonds. The molecule has 7 heteroatoms. The van der Waals surface area contributed by atoms with E-state index in [2.05, 4.69) is 15.6 Å². The second kappa shape index (κ2) is 9.84. The molecule has 152 valence electrons. The van der Waals surface area contributed by atoms with Crippen molar-refractivity contribution in [1.29, 1.82) is 0 Å². The predicted molar refractivity (Wildman–Crippen MR) is 112 cm³/mol. The minimum Gasteiger partial charge on any atom is -0.388 e. The van der Waals surface area contributed by atoms with E-state index in [-0.39, 0.29) is 18.4 Å². The van der Waals surface area contributed by atoms with Gasteiger partial charge in [0.05, 0.1) is 17.2 Å². The zero-order chi connectivity index (χ0) is 20.6. The molecular weight excluding hydrogens is 368 g/mol. The first-order chi connectivity index (χ1) is 14.1. The number of nitrogens with zero attached hydrogens (tertiary/aromatic N) is 2. The summed E-state index contributed by atoms with van der Waals surface area (Å²) < 4.78 is 0. The van der Waals surface area contributed by atoms with Crippen LogP contribution in [-0.4, -0.2) is 54.0 Å². The summed E-state index contributed by atoms with van der Waals surface area (Å²) in [5, 5.41) is 16.5. The van der Waals surface area contributed by atoms with E-state index in [1.54, 1.807) is 24.3 Å². The summed E-state index contributed by atoms with van der Waals surface area (Å²) in [6.45, 7) is 3.72. The molecule has 0 aromatic heterocycles. The first-order valence-electron chi connectivity index (χ1n) is 9.82. The smallest absolute Gasteiger partial charge is 0.261 e. The number of carbonyl (C=O) groups excluding carboxylic acids is 2. The SMILES string of the molecule is CCNC(=NCCC(O)c1ccccc1)NCCN1C(=O)c2ccccc2C1=O. The second-order valence-electron chi connectivity index (χ2n) is 6.71. The third-order valence-corrected chi connectivity index (χ3v) is 4.71.